The number of benzene rings is 3. The summed E-state index contributed by atoms with van der Waals surface area (Å²) in [5, 5.41) is 7.83. The highest BCUT2D eigenvalue weighted by molar-refractivity contribution is 6.32. The molecule has 2 heterocycles. The van der Waals surface area contributed by atoms with Crippen LogP contribution in [-0.2, 0) is 4.74 Å². The summed E-state index contributed by atoms with van der Waals surface area (Å²) in [6.07, 6.45) is 1.46. The van der Waals surface area contributed by atoms with Gasteiger partial charge in [-0.3, -0.25) is 9.59 Å². The minimum absolute atomic E-state index is 0.0917. The molecule has 36 heavy (non-hydrogen) atoms. The Kier molecular flexibility index (Phi) is 6.97. The summed E-state index contributed by atoms with van der Waals surface area (Å²) < 4.78 is 12.6. The monoisotopic (exact) mass is 502 g/mol. The van der Waals surface area contributed by atoms with Crippen LogP contribution >= 0.6 is 11.6 Å². The van der Waals surface area contributed by atoms with Gasteiger partial charge in [0.15, 0.2) is 11.4 Å². The molecule has 1 aliphatic heterocycles. The van der Waals surface area contributed by atoms with Crippen molar-refractivity contribution < 1.29 is 14.3 Å². The third-order valence-electron chi connectivity index (χ3n) is 5.67. The predicted octanol–water partition coefficient (Wildman–Crippen LogP) is 4.89. The number of carbonyl (C=O) groups excluding carboxylic acids is 1. The lowest BCUT2D eigenvalue weighted by Gasteiger charge is -2.27. The van der Waals surface area contributed by atoms with Gasteiger partial charge in [-0.1, -0.05) is 48.0 Å². The first kappa shape index (κ1) is 23.6. The van der Waals surface area contributed by atoms with Crippen LogP contribution in [-0.4, -0.2) is 46.9 Å². The van der Waals surface area contributed by atoms with Crippen LogP contribution in [0.3, 0.4) is 0 Å². The van der Waals surface area contributed by atoms with Crippen LogP contribution in [0.2, 0.25) is 5.02 Å². The zero-order chi connectivity index (χ0) is 24.9. The zero-order valence-corrected chi connectivity index (χ0v) is 20.0. The fourth-order valence-corrected chi connectivity index (χ4v) is 4.08. The van der Waals surface area contributed by atoms with Crippen molar-refractivity contribution in [3.05, 3.63) is 106 Å². The number of hydrogen-bond acceptors (Lipinski definition) is 6. The van der Waals surface area contributed by atoms with Gasteiger partial charge in [-0.15, -0.1) is 0 Å². The van der Waals surface area contributed by atoms with Crippen LogP contribution in [0.25, 0.3) is 5.69 Å². The van der Waals surface area contributed by atoms with Crippen LogP contribution < -0.4 is 15.6 Å². The number of rotatable bonds is 6. The quantitative estimate of drug-likeness (QED) is 0.404. The molecule has 4 aromatic rings. The van der Waals surface area contributed by atoms with E-state index < -0.39 is 5.56 Å². The SMILES string of the molecule is O=C(c1cccc(Nc2c(Oc3ccccc3)cnn(-c3ccccc3Cl)c2=O)c1)N1CCOCC1. The van der Waals surface area contributed by atoms with Gasteiger partial charge < -0.3 is 19.7 Å². The largest absolute Gasteiger partial charge is 0.453 e. The molecule has 0 aliphatic carbocycles. The van der Waals surface area contributed by atoms with Gasteiger partial charge >= 0.3 is 0 Å². The number of carbonyl (C=O) groups is 1. The molecule has 1 aromatic heterocycles. The van der Waals surface area contributed by atoms with Gasteiger partial charge in [0.2, 0.25) is 0 Å². The number of halogens is 1. The van der Waals surface area contributed by atoms with Crippen LogP contribution in [0.1, 0.15) is 10.4 Å². The predicted molar refractivity (Wildman–Crippen MR) is 138 cm³/mol. The summed E-state index contributed by atoms with van der Waals surface area (Å²) in [6, 6.07) is 23.1. The molecule has 8 nitrogen and oxygen atoms in total. The number of para-hydroxylation sites is 2. The van der Waals surface area contributed by atoms with Gasteiger partial charge in [0.1, 0.15) is 5.75 Å². The fraction of sp³-hybridized carbons (Fsp3) is 0.148. The van der Waals surface area contributed by atoms with Crippen molar-refractivity contribution in [2.45, 2.75) is 0 Å². The number of ether oxygens (including phenoxy) is 2. The van der Waals surface area contributed by atoms with Gasteiger partial charge in [-0.25, -0.2) is 0 Å². The molecule has 1 amide bonds. The number of hydrogen-bond donors (Lipinski definition) is 1. The zero-order valence-electron chi connectivity index (χ0n) is 19.3. The molecule has 1 aliphatic rings. The Morgan fingerprint density at radius 1 is 0.972 bits per heavy atom. The van der Waals surface area contributed by atoms with Gasteiger partial charge in [0.05, 0.1) is 30.1 Å². The Labute approximate surface area is 212 Å². The fourth-order valence-electron chi connectivity index (χ4n) is 3.86. The summed E-state index contributed by atoms with van der Waals surface area (Å²) in [6.45, 7) is 2.11. The Morgan fingerprint density at radius 3 is 2.50 bits per heavy atom. The lowest BCUT2D eigenvalue weighted by atomic mass is 10.1. The topological polar surface area (TPSA) is 85.7 Å². The molecule has 5 rings (SSSR count). The van der Waals surface area contributed by atoms with E-state index in [0.717, 1.165) is 0 Å². The Morgan fingerprint density at radius 2 is 1.72 bits per heavy atom. The number of amides is 1. The average Bonchev–Trinajstić information content (AvgIpc) is 2.92. The van der Waals surface area contributed by atoms with Gasteiger partial charge in [0, 0.05) is 24.3 Å². The molecule has 1 saturated heterocycles. The first-order valence-corrected chi connectivity index (χ1v) is 11.8. The van der Waals surface area contributed by atoms with Crippen LogP contribution in [0, 0.1) is 0 Å². The van der Waals surface area contributed by atoms with Gasteiger partial charge in [0.25, 0.3) is 11.5 Å². The Bertz CT molecular complexity index is 1440. The standard InChI is InChI=1S/C27H23ClN4O4/c28-22-11-4-5-12-23(22)32-27(34)25(24(18-29-32)36-21-9-2-1-3-10-21)30-20-8-6-7-19(17-20)26(33)31-13-15-35-16-14-31/h1-12,17-18,30H,13-16H2. The molecule has 0 unspecified atom stereocenters. The van der Waals surface area contributed by atoms with E-state index in [1.165, 1.54) is 10.9 Å². The molecule has 3 aromatic carbocycles. The molecule has 0 radical (unpaired) electrons. The average molecular weight is 503 g/mol. The number of anilines is 2. The van der Waals surface area contributed by atoms with Gasteiger partial charge in [-0.2, -0.15) is 9.78 Å². The van der Waals surface area contributed by atoms with E-state index in [-0.39, 0.29) is 17.3 Å². The first-order chi connectivity index (χ1) is 17.6. The molecule has 182 valence electrons. The van der Waals surface area contributed by atoms with Crippen molar-refractivity contribution in [2.75, 3.05) is 31.6 Å². The normalized spacial score (nSPS) is 13.3. The van der Waals surface area contributed by atoms with Crippen LogP contribution in [0.15, 0.2) is 89.9 Å². The van der Waals surface area contributed by atoms with Crippen LogP contribution in [0.4, 0.5) is 11.4 Å². The lowest BCUT2D eigenvalue weighted by Crippen LogP contribution is -2.40. The summed E-state index contributed by atoms with van der Waals surface area (Å²) in [7, 11) is 0. The molecule has 1 fully saturated rings. The van der Waals surface area contributed by atoms with Crippen molar-refractivity contribution in [3.8, 4) is 17.2 Å². The smallest absolute Gasteiger partial charge is 0.299 e. The summed E-state index contributed by atoms with van der Waals surface area (Å²) in [5.74, 6) is 0.693. The van der Waals surface area contributed by atoms with E-state index in [2.05, 4.69) is 10.4 Å². The first-order valence-electron chi connectivity index (χ1n) is 11.4. The van der Waals surface area contributed by atoms with Crippen molar-refractivity contribution in [3.63, 3.8) is 0 Å². The molecule has 0 bridgehead atoms. The van der Waals surface area contributed by atoms with E-state index in [4.69, 9.17) is 21.1 Å². The molecular weight excluding hydrogens is 480 g/mol. The molecule has 0 spiro atoms. The van der Waals surface area contributed by atoms with E-state index in [1.54, 1.807) is 65.6 Å². The van der Waals surface area contributed by atoms with E-state index >= 15 is 0 Å². The van der Waals surface area contributed by atoms with Crippen LogP contribution in [0.5, 0.6) is 11.5 Å². The Balaban J connectivity index is 1.53. The highest BCUT2D eigenvalue weighted by Crippen LogP contribution is 2.30. The van der Waals surface area contributed by atoms with E-state index in [0.29, 0.717) is 54.0 Å². The molecule has 0 saturated carbocycles. The highest BCUT2D eigenvalue weighted by Gasteiger charge is 2.20. The highest BCUT2D eigenvalue weighted by atomic mass is 35.5. The third kappa shape index (κ3) is 5.10. The maximum Gasteiger partial charge on any atom is 0.299 e. The minimum atomic E-state index is -0.457. The maximum absolute atomic E-state index is 13.6. The number of morpholine rings is 1. The summed E-state index contributed by atoms with van der Waals surface area (Å²) in [4.78, 5) is 28.4. The van der Waals surface area contributed by atoms with E-state index in [1.807, 2.05) is 18.2 Å². The second-order valence-electron chi connectivity index (χ2n) is 8.08. The molecule has 1 N–H and O–H groups in total. The number of nitrogens with one attached hydrogen (secondary N) is 1. The third-order valence-corrected chi connectivity index (χ3v) is 5.99. The summed E-state index contributed by atoms with van der Waals surface area (Å²) >= 11 is 6.34. The Hall–Kier alpha value is -4.14. The van der Waals surface area contributed by atoms with Crippen molar-refractivity contribution in [1.29, 1.82) is 0 Å². The van der Waals surface area contributed by atoms with Crippen molar-refractivity contribution in [2.24, 2.45) is 0 Å². The molecular formula is C27H23ClN4O4. The second-order valence-corrected chi connectivity index (χ2v) is 8.48. The maximum atomic E-state index is 13.6. The lowest BCUT2D eigenvalue weighted by molar-refractivity contribution is 0.0303. The number of nitrogens with zero attached hydrogens (tertiary/aromatic N) is 3. The number of aromatic nitrogens is 2. The second kappa shape index (κ2) is 10.6. The molecule has 0 atom stereocenters. The van der Waals surface area contributed by atoms with Gasteiger partial charge in [-0.05, 0) is 42.5 Å². The van der Waals surface area contributed by atoms with Crippen molar-refractivity contribution >= 4 is 28.9 Å². The van der Waals surface area contributed by atoms with Crippen molar-refractivity contribution in [1.82, 2.24) is 14.7 Å². The molecule has 9 heteroatoms. The summed E-state index contributed by atoms with van der Waals surface area (Å²) in [5.41, 5.74) is 1.20. The van der Waals surface area contributed by atoms with E-state index in [9.17, 15) is 9.59 Å². The minimum Gasteiger partial charge on any atom is -0.453 e.